The van der Waals surface area contributed by atoms with E-state index in [-0.39, 0.29) is 5.69 Å². The predicted molar refractivity (Wildman–Crippen MR) is 64.0 cm³/mol. The molecule has 3 nitrogen and oxygen atoms in total. The molecule has 2 aromatic rings. The average Bonchev–Trinajstić information content (AvgIpc) is 2.31. The highest BCUT2D eigenvalue weighted by Crippen LogP contribution is 2.34. The molecule has 0 spiro atoms. The molecule has 0 bridgehead atoms. The molecular weight excluding hydrogens is 243 g/mol. The summed E-state index contributed by atoms with van der Waals surface area (Å²) in [6.07, 6.45) is -4.49. The Hall–Kier alpha value is -1.82. The molecule has 3 N–H and O–H groups in total. The van der Waals surface area contributed by atoms with Crippen LogP contribution < -0.4 is 11.3 Å². The van der Waals surface area contributed by atoms with E-state index in [1.807, 2.05) is 13.0 Å². The Balaban J connectivity index is 2.85. The minimum absolute atomic E-state index is 0.218. The van der Waals surface area contributed by atoms with Crippen molar-refractivity contribution < 1.29 is 13.2 Å². The van der Waals surface area contributed by atoms with Gasteiger partial charge in [-0.3, -0.25) is 5.84 Å². The highest BCUT2D eigenvalue weighted by Gasteiger charge is 2.33. The first kappa shape index (κ1) is 12.6. The summed E-state index contributed by atoms with van der Waals surface area (Å²) in [5.74, 6) is 5.27. The van der Waals surface area contributed by atoms with Gasteiger partial charge in [0.05, 0.1) is 11.2 Å². The average molecular weight is 255 g/mol. The standard InChI is InChI=1S/C12H12F3N3/c1-6-3-4-8-9(18-16)5-10(12(13,14)15)17-11(8)7(6)2/h3-5H,16H2,1-2H3,(H,17,18). The molecule has 0 amide bonds. The smallest absolute Gasteiger partial charge is 0.323 e. The lowest BCUT2D eigenvalue weighted by atomic mass is 10.0. The number of aryl methyl sites for hydroxylation is 2. The van der Waals surface area contributed by atoms with Crippen molar-refractivity contribution in [2.24, 2.45) is 5.84 Å². The number of aromatic nitrogens is 1. The van der Waals surface area contributed by atoms with Crippen molar-refractivity contribution in [2.75, 3.05) is 5.43 Å². The van der Waals surface area contributed by atoms with E-state index in [0.717, 1.165) is 17.2 Å². The molecule has 18 heavy (non-hydrogen) atoms. The summed E-state index contributed by atoms with van der Waals surface area (Å²) in [5.41, 5.74) is 3.48. The van der Waals surface area contributed by atoms with Crippen molar-refractivity contribution >= 4 is 16.6 Å². The van der Waals surface area contributed by atoms with Crippen molar-refractivity contribution in [1.29, 1.82) is 0 Å². The van der Waals surface area contributed by atoms with Gasteiger partial charge in [0.15, 0.2) is 0 Å². The van der Waals surface area contributed by atoms with Crippen molar-refractivity contribution in [1.82, 2.24) is 4.98 Å². The molecule has 0 aliphatic heterocycles. The van der Waals surface area contributed by atoms with Gasteiger partial charge in [-0.2, -0.15) is 13.2 Å². The van der Waals surface area contributed by atoms with Crippen LogP contribution in [-0.4, -0.2) is 4.98 Å². The van der Waals surface area contributed by atoms with Gasteiger partial charge < -0.3 is 5.43 Å². The molecule has 0 saturated carbocycles. The van der Waals surface area contributed by atoms with Gasteiger partial charge in [-0.15, -0.1) is 0 Å². The molecule has 0 radical (unpaired) electrons. The van der Waals surface area contributed by atoms with Crippen LogP contribution in [-0.2, 0) is 6.18 Å². The number of hydrogen-bond acceptors (Lipinski definition) is 3. The Bertz CT molecular complexity index is 606. The van der Waals surface area contributed by atoms with E-state index in [0.29, 0.717) is 10.9 Å². The van der Waals surface area contributed by atoms with Gasteiger partial charge in [-0.05, 0) is 31.0 Å². The number of nitrogen functional groups attached to an aromatic ring is 1. The summed E-state index contributed by atoms with van der Waals surface area (Å²) in [6.45, 7) is 3.57. The van der Waals surface area contributed by atoms with Crippen LogP contribution in [0.4, 0.5) is 18.9 Å². The summed E-state index contributed by atoms with van der Waals surface area (Å²) in [4.78, 5) is 3.69. The lowest BCUT2D eigenvalue weighted by molar-refractivity contribution is -0.140. The number of nitrogens with zero attached hydrogens (tertiary/aromatic N) is 1. The zero-order valence-corrected chi connectivity index (χ0v) is 9.89. The number of nitrogens with two attached hydrogens (primary N) is 1. The van der Waals surface area contributed by atoms with E-state index in [4.69, 9.17) is 5.84 Å². The van der Waals surface area contributed by atoms with Gasteiger partial charge in [0.25, 0.3) is 0 Å². The molecule has 96 valence electrons. The first-order valence-corrected chi connectivity index (χ1v) is 5.29. The van der Waals surface area contributed by atoms with Crippen molar-refractivity contribution in [2.45, 2.75) is 20.0 Å². The van der Waals surface area contributed by atoms with E-state index >= 15 is 0 Å². The van der Waals surface area contributed by atoms with E-state index < -0.39 is 11.9 Å². The monoisotopic (exact) mass is 255 g/mol. The number of alkyl halides is 3. The molecule has 0 aliphatic rings. The van der Waals surface area contributed by atoms with E-state index in [2.05, 4.69) is 10.4 Å². The van der Waals surface area contributed by atoms with Crippen molar-refractivity contribution in [3.8, 4) is 0 Å². The summed E-state index contributed by atoms with van der Waals surface area (Å²) in [5, 5.41) is 0.577. The quantitative estimate of drug-likeness (QED) is 0.608. The summed E-state index contributed by atoms with van der Waals surface area (Å²) < 4.78 is 38.2. The van der Waals surface area contributed by atoms with Crippen LogP contribution in [0, 0.1) is 13.8 Å². The van der Waals surface area contributed by atoms with Gasteiger partial charge in [0.2, 0.25) is 0 Å². The lowest BCUT2D eigenvalue weighted by Gasteiger charge is -2.13. The fourth-order valence-electron chi connectivity index (χ4n) is 1.79. The second-order valence-corrected chi connectivity index (χ2v) is 4.10. The number of nitrogens with one attached hydrogen (secondary N) is 1. The highest BCUT2D eigenvalue weighted by molar-refractivity contribution is 5.93. The molecule has 0 saturated heterocycles. The number of anilines is 1. The molecule has 0 atom stereocenters. The normalized spacial score (nSPS) is 11.9. The minimum Gasteiger partial charge on any atom is -0.323 e. The van der Waals surface area contributed by atoms with Gasteiger partial charge in [-0.25, -0.2) is 4.98 Å². The zero-order chi connectivity index (χ0) is 13.5. The van der Waals surface area contributed by atoms with Crippen LogP contribution in [0.3, 0.4) is 0 Å². The Morgan fingerprint density at radius 3 is 2.44 bits per heavy atom. The van der Waals surface area contributed by atoms with E-state index in [1.54, 1.807) is 13.0 Å². The summed E-state index contributed by atoms with van der Waals surface area (Å²) >= 11 is 0. The van der Waals surface area contributed by atoms with Gasteiger partial charge in [0.1, 0.15) is 5.69 Å². The maximum Gasteiger partial charge on any atom is 0.433 e. The number of pyridine rings is 1. The highest BCUT2D eigenvalue weighted by atomic mass is 19.4. The van der Waals surface area contributed by atoms with Crippen molar-refractivity contribution in [3.05, 3.63) is 35.0 Å². The summed E-state index contributed by atoms with van der Waals surface area (Å²) in [7, 11) is 0. The van der Waals surface area contributed by atoms with Crippen LogP contribution >= 0.6 is 0 Å². The second kappa shape index (κ2) is 4.13. The van der Waals surface area contributed by atoms with E-state index in [1.165, 1.54) is 0 Å². The van der Waals surface area contributed by atoms with Crippen LogP contribution in [0.2, 0.25) is 0 Å². The molecule has 0 fully saturated rings. The fraction of sp³-hybridized carbons (Fsp3) is 0.250. The lowest BCUT2D eigenvalue weighted by Crippen LogP contribution is -2.13. The number of rotatable bonds is 1. The molecular formula is C12H12F3N3. The molecule has 2 rings (SSSR count). The Morgan fingerprint density at radius 2 is 1.89 bits per heavy atom. The number of benzene rings is 1. The first-order valence-electron chi connectivity index (χ1n) is 5.29. The third kappa shape index (κ3) is 1.99. The number of hydrogen-bond donors (Lipinski definition) is 2. The van der Waals surface area contributed by atoms with Gasteiger partial charge in [0, 0.05) is 5.39 Å². The zero-order valence-electron chi connectivity index (χ0n) is 9.89. The third-order valence-corrected chi connectivity index (χ3v) is 2.95. The van der Waals surface area contributed by atoms with Crippen LogP contribution in [0.25, 0.3) is 10.9 Å². The van der Waals surface area contributed by atoms with Crippen molar-refractivity contribution in [3.63, 3.8) is 0 Å². The van der Waals surface area contributed by atoms with Gasteiger partial charge >= 0.3 is 6.18 Å². The Morgan fingerprint density at radius 1 is 1.22 bits per heavy atom. The second-order valence-electron chi connectivity index (χ2n) is 4.10. The number of hydrazine groups is 1. The SMILES string of the molecule is Cc1ccc2c(NN)cc(C(F)(F)F)nc2c1C. The molecule has 0 unspecified atom stereocenters. The van der Waals surface area contributed by atoms with Crippen LogP contribution in [0.5, 0.6) is 0 Å². The largest absolute Gasteiger partial charge is 0.433 e. The number of fused-ring (bicyclic) bond motifs is 1. The summed E-state index contributed by atoms with van der Waals surface area (Å²) in [6, 6.07) is 4.45. The maximum absolute atomic E-state index is 12.7. The Labute approximate surface area is 102 Å². The Kier molecular flexibility index (Phi) is 2.90. The first-order chi connectivity index (χ1) is 8.34. The predicted octanol–water partition coefficient (Wildman–Crippen LogP) is 3.16. The fourth-order valence-corrected chi connectivity index (χ4v) is 1.79. The topological polar surface area (TPSA) is 50.9 Å². The number of halogens is 3. The molecule has 1 aromatic heterocycles. The van der Waals surface area contributed by atoms with E-state index in [9.17, 15) is 13.2 Å². The molecule has 6 heteroatoms. The van der Waals surface area contributed by atoms with Gasteiger partial charge in [-0.1, -0.05) is 12.1 Å². The third-order valence-electron chi connectivity index (χ3n) is 2.95. The molecule has 1 aromatic carbocycles. The maximum atomic E-state index is 12.7. The van der Waals surface area contributed by atoms with Crippen LogP contribution in [0.15, 0.2) is 18.2 Å². The molecule has 0 aliphatic carbocycles. The minimum atomic E-state index is -4.49. The van der Waals surface area contributed by atoms with Crippen LogP contribution in [0.1, 0.15) is 16.8 Å². The molecule has 1 heterocycles.